The minimum absolute atomic E-state index is 0.110. The van der Waals surface area contributed by atoms with Gasteiger partial charge in [0, 0.05) is 17.1 Å². The van der Waals surface area contributed by atoms with E-state index in [1.165, 1.54) is 7.11 Å². The monoisotopic (exact) mass is 253 g/mol. The summed E-state index contributed by atoms with van der Waals surface area (Å²) < 4.78 is 4.61. The summed E-state index contributed by atoms with van der Waals surface area (Å²) in [5.74, 6) is -0.424. The van der Waals surface area contributed by atoms with E-state index >= 15 is 0 Å². The maximum Gasteiger partial charge on any atom is 0.354 e. The Kier molecular flexibility index (Phi) is 3.19. The molecule has 0 saturated heterocycles. The summed E-state index contributed by atoms with van der Waals surface area (Å²) in [5, 5.41) is 4.51. The number of benzene rings is 1. The van der Waals surface area contributed by atoms with Crippen LogP contribution >= 0.6 is 11.6 Å². The Hall–Kier alpha value is -1.75. The van der Waals surface area contributed by atoms with Crippen molar-refractivity contribution in [3.63, 3.8) is 0 Å². The fraction of sp³-hybridized carbons (Fsp3) is 0.273. The largest absolute Gasteiger partial charge is 0.464 e. The van der Waals surface area contributed by atoms with Crippen molar-refractivity contribution in [2.24, 2.45) is 5.10 Å². The maximum atomic E-state index is 11.3. The number of carbonyl (C=O) groups excluding carboxylic acids is 1. The van der Waals surface area contributed by atoms with Gasteiger partial charge in [-0.3, -0.25) is 0 Å². The number of nitrogens with zero attached hydrogens (tertiary/aromatic N) is 1. The average molecular weight is 254 g/mol. The van der Waals surface area contributed by atoms with Crippen LogP contribution in [0.3, 0.4) is 0 Å². The first-order valence-electron chi connectivity index (χ1n) is 5.07. The van der Waals surface area contributed by atoms with Crippen LogP contribution in [0.5, 0.6) is 0 Å². The van der Waals surface area contributed by atoms with E-state index in [-0.39, 0.29) is 6.04 Å². The first kappa shape index (κ1) is 11.7. The van der Waals surface area contributed by atoms with Crippen LogP contribution in [-0.2, 0) is 9.53 Å². The summed E-state index contributed by atoms with van der Waals surface area (Å²) in [5.41, 5.74) is 10.5. The molecule has 0 amide bonds. The Labute approximate surface area is 104 Å². The van der Waals surface area contributed by atoms with Crippen molar-refractivity contribution in [2.75, 3.05) is 12.8 Å². The molecule has 0 fully saturated rings. The summed E-state index contributed by atoms with van der Waals surface area (Å²) in [6, 6.07) is 5.14. The van der Waals surface area contributed by atoms with Crippen LogP contribution in [0.1, 0.15) is 18.0 Å². The standard InChI is InChI=1S/C11H12ClN3O2/c1-17-11(16)10-5-9(14-15-10)7-3-2-6(12)4-8(7)13/h2-4,9,14H,5,13H2,1H3. The van der Waals surface area contributed by atoms with Crippen molar-refractivity contribution in [3.8, 4) is 0 Å². The van der Waals surface area contributed by atoms with Gasteiger partial charge in [-0.25, -0.2) is 4.79 Å². The molecule has 1 heterocycles. The number of hydrogen-bond acceptors (Lipinski definition) is 5. The van der Waals surface area contributed by atoms with Gasteiger partial charge in [0.1, 0.15) is 5.71 Å². The number of hydrogen-bond donors (Lipinski definition) is 2. The van der Waals surface area contributed by atoms with Gasteiger partial charge in [-0.15, -0.1) is 0 Å². The fourth-order valence-electron chi connectivity index (χ4n) is 1.73. The summed E-state index contributed by atoms with van der Waals surface area (Å²) in [7, 11) is 1.33. The highest BCUT2D eigenvalue weighted by molar-refractivity contribution is 6.37. The number of nitrogens with one attached hydrogen (secondary N) is 1. The predicted octanol–water partition coefficient (Wildman–Crippen LogP) is 1.49. The Balaban J connectivity index is 2.15. The molecule has 1 aliphatic heterocycles. The molecule has 1 unspecified atom stereocenters. The van der Waals surface area contributed by atoms with Gasteiger partial charge in [-0.05, 0) is 17.7 Å². The Bertz CT molecular complexity index is 488. The Morgan fingerprint density at radius 3 is 3.06 bits per heavy atom. The van der Waals surface area contributed by atoms with E-state index < -0.39 is 5.97 Å². The van der Waals surface area contributed by atoms with Crippen molar-refractivity contribution in [1.82, 2.24) is 5.43 Å². The normalized spacial score (nSPS) is 18.5. The van der Waals surface area contributed by atoms with Crippen molar-refractivity contribution >= 4 is 29.0 Å². The molecule has 1 atom stereocenters. The molecule has 0 radical (unpaired) electrons. The molecule has 5 nitrogen and oxygen atoms in total. The van der Waals surface area contributed by atoms with E-state index in [1.54, 1.807) is 12.1 Å². The molecule has 0 bridgehead atoms. The number of nitrogens with two attached hydrogens (primary N) is 1. The number of nitrogen functional groups attached to an aromatic ring is 1. The third-order valence-corrected chi connectivity index (χ3v) is 2.83. The molecule has 0 aromatic heterocycles. The second kappa shape index (κ2) is 4.63. The summed E-state index contributed by atoms with van der Waals surface area (Å²) in [4.78, 5) is 11.3. The number of carbonyl (C=O) groups is 1. The quantitative estimate of drug-likeness (QED) is 0.618. The van der Waals surface area contributed by atoms with Crippen LogP contribution in [0, 0.1) is 0 Å². The van der Waals surface area contributed by atoms with Crippen LogP contribution in [0.25, 0.3) is 0 Å². The number of esters is 1. The second-order valence-electron chi connectivity index (χ2n) is 3.71. The molecule has 90 valence electrons. The number of rotatable bonds is 2. The number of hydrazone groups is 1. The van der Waals surface area contributed by atoms with E-state index in [9.17, 15) is 4.79 Å². The molecule has 6 heteroatoms. The van der Waals surface area contributed by atoms with E-state index in [0.29, 0.717) is 22.8 Å². The predicted molar refractivity (Wildman–Crippen MR) is 65.8 cm³/mol. The summed E-state index contributed by atoms with van der Waals surface area (Å²) in [6.07, 6.45) is 0.457. The van der Waals surface area contributed by atoms with Gasteiger partial charge < -0.3 is 15.9 Å². The minimum atomic E-state index is -0.424. The van der Waals surface area contributed by atoms with Gasteiger partial charge in [-0.2, -0.15) is 5.10 Å². The molecular formula is C11H12ClN3O2. The SMILES string of the molecule is COC(=O)C1=NNC(c2ccc(Cl)cc2N)C1. The molecule has 1 aliphatic rings. The van der Waals surface area contributed by atoms with E-state index in [2.05, 4.69) is 15.3 Å². The Morgan fingerprint density at radius 2 is 2.41 bits per heavy atom. The number of methoxy groups -OCH3 is 1. The zero-order valence-electron chi connectivity index (χ0n) is 9.24. The van der Waals surface area contributed by atoms with Gasteiger partial charge in [0.15, 0.2) is 0 Å². The first-order valence-corrected chi connectivity index (χ1v) is 5.45. The van der Waals surface area contributed by atoms with Gasteiger partial charge in [0.25, 0.3) is 0 Å². The highest BCUT2D eigenvalue weighted by Gasteiger charge is 2.26. The van der Waals surface area contributed by atoms with Crippen LogP contribution in [0.2, 0.25) is 5.02 Å². The highest BCUT2D eigenvalue weighted by Crippen LogP contribution is 2.28. The third kappa shape index (κ3) is 2.34. The van der Waals surface area contributed by atoms with Gasteiger partial charge >= 0.3 is 5.97 Å². The van der Waals surface area contributed by atoms with Crippen molar-refractivity contribution in [1.29, 1.82) is 0 Å². The van der Waals surface area contributed by atoms with Crippen LogP contribution < -0.4 is 11.2 Å². The molecule has 1 aromatic carbocycles. The minimum Gasteiger partial charge on any atom is -0.464 e. The average Bonchev–Trinajstić information content (AvgIpc) is 2.77. The topological polar surface area (TPSA) is 76.7 Å². The first-order chi connectivity index (χ1) is 8.11. The lowest BCUT2D eigenvalue weighted by atomic mass is 10.0. The molecule has 1 aromatic rings. The molecule has 0 spiro atoms. The van der Waals surface area contributed by atoms with Crippen molar-refractivity contribution in [2.45, 2.75) is 12.5 Å². The van der Waals surface area contributed by atoms with Gasteiger partial charge in [0.05, 0.1) is 13.2 Å². The van der Waals surface area contributed by atoms with Gasteiger partial charge in [0.2, 0.25) is 0 Å². The molecule has 2 rings (SSSR count). The molecular weight excluding hydrogens is 242 g/mol. The third-order valence-electron chi connectivity index (χ3n) is 2.60. The molecule has 17 heavy (non-hydrogen) atoms. The lowest BCUT2D eigenvalue weighted by Gasteiger charge is -2.12. The lowest BCUT2D eigenvalue weighted by Crippen LogP contribution is -2.15. The van der Waals surface area contributed by atoms with E-state index in [1.807, 2.05) is 6.07 Å². The highest BCUT2D eigenvalue weighted by atomic mass is 35.5. The van der Waals surface area contributed by atoms with Crippen molar-refractivity contribution < 1.29 is 9.53 Å². The van der Waals surface area contributed by atoms with Crippen LogP contribution in [0.4, 0.5) is 5.69 Å². The number of anilines is 1. The number of ether oxygens (including phenoxy) is 1. The van der Waals surface area contributed by atoms with E-state index in [0.717, 1.165) is 5.56 Å². The van der Waals surface area contributed by atoms with E-state index in [4.69, 9.17) is 17.3 Å². The fourth-order valence-corrected chi connectivity index (χ4v) is 1.91. The maximum absolute atomic E-state index is 11.3. The second-order valence-corrected chi connectivity index (χ2v) is 4.15. The zero-order chi connectivity index (χ0) is 12.4. The zero-order valence-corrected chi connectivity index (χ0v) is 9.99. The Morgan fingerprint density at radius 1 is 1.65 bits per heavy atom. The van der Waals surface area contributed by atoms with Crippen molar-refractivity contribution in [3.05, 3.63) is 28.8 Å². The summed E-state index contributed by atoms with van der Waals surface area (Å²) >= 11 is 5.82. The van der Waals surface area contributed by atoms with Crippen LogP contribution in [-0.4, -0.2) is 18.8 Å². The smallest absolute Gasteiger partial charge is 0.354 e. The lowest BCUT2D eigenvalue weighted by molar-refractivity contribution is -0.132. The number of halogens is 1. The van der Waals surface area contributed by atoms with Gasteiger partial charge in [-0.1, -0.05) is 17.7 Å². The summed E-state index contributed by atoms with van der Waals surface area (Å²) in [6.45, 7) is 0. The molecule has 3 N–H and O–H groups in total. The molecule has 0 aliphatic carbocycles. The van der Waals surface area contributed by atoms with Crippen LogP contribution in [0.15, 0.2) is 23.3 Å². The molecule has 0 saturated carbocycles.